The van der Waals surface area contributed by atoms with Crippen molar-refractivity contribution in [2.45, 2.75) is 19.1 Å². The van der Waals surface area contributed by atoms with Crippen LogP contribution in [0.25, 0.3) is 10.9 Å². The Morgan fingerprint density at radius 3 is 2.77 bits per heavy atom. The van der Waals surface area contributed by atoms with Crippen molar-refractivity contribution >= 4 is 45.5 Å². The van der Waals surface area contributed by atoms with Crippen molar-refractivity contribution in [2.24, 2.45) is 0 Å². The smallest absolute Gasteiger partial charge is 0.248 e. The molecule has 220 valence electrons. The van der Waals surface area contributed by atoms with Crippen LogP contribution in [0, 0.1) is 11.3 Å². The van der Waals surface area contributed by atoms with Gasteiger partial charge in [0.15, 0.2) is 0 Å². The molecule has 11 heteroatoms. The summed E-state index contributed by atoms with van der Waals surface area (Å²) in [5.41, 5.74) is 3.13. The molecular weight excluding hydrogens is 568 g/mol. The molecule has 1 aliphatic heterocycles. The Hall–Kier alpha value is -4.69. The van der Waals surface area contributed by atoms with Crippen LogP contribution in [-0.2, 0) is 16.1 Å². The van der Waals surface area contributed by atoms with Crippen molar-refractivity contribution < 1.29 is 19.0 Å². The number of carbonyl (C=O) groups is 1. The molecule has 2 N–H and O–H groups in total. The Kier molecular flexibility index (Phi) is 9.69. The number of anilines is 3. The first kappa shape index (κ1) is 29.8. The molecule has 1 atom stereocenters. The summed E-state index contributed by atoms with van der Waals surface area (Å²) in [6.07, 6.45) is 7.02. The molecule has 5 rings (SSSR count). The van der Waals surface area contributed by atoms with Crippen molar-refractivity contribution in [3.63, 3.8) is 0 Å². The van der Waals surface area contributed by atoms with Crippen LogP contribution in [0.15, 0.2) is 73.1 Å². The summed E-state index contributed by atoms with van der Waals surface area (Å²) < 4.78 is 17.5. The molecule has 1 aliphatic rings. The molecule has 2 aromatic heterocycles. The minimum absolute atomic E-state index is 0.145. The molecule has 0 saturated carbocycles. The number of fused-ring (bicyclic) bond motifs is 1. The Bertz CT molecular complexity index is 1670. The highest BCUT2D eigenvalue weighted by atomic mass is 35.5. The monoisotopic (exact) mass is 598 g/mol. The maximum absolute atomic E-state index is 12.9. The molecular formula is C32H31ClN6O4. The number of nitrogens with zero attached hydrogens (tertiary/aromatic N) is 4. The van der Waals surface area contributed by atoms with Crippen LogP contribution >= 0.6 is 11.6 Å². The number of hydrogen-bond donors (Lipinski definition) is 2. The molecule has 10 nitrogen and oxygen atoms in total. The van der Waals surface area contributed by atoms with Crippen LogP contribution < -0.4 is 20.1 Å². The first-order valence-electron chi connectivity index (χ1n) is 13.7. The number of halogens is 1. The number of ether oxygens (including phenoxy) is 3. The van der Waals surface area contributed by atoms with Gasteiger partial charge in [-0.1, -0.05) is 23.7 Å². The predicted molar refractivity (Wildman–Crippen MR) is 166 cm³/mol. The second-order valence-electron chi connectivity index (χ2n) is 10.1. The van der Waals surface area contributed by atoms with Crippen molar-refractivity contribution in [3.05, 3.63) is 89.4 Å². The predicted octanol–water partition coefficient (Wildman–Crippen LogP) is 5.70. The second kappa shape index (κ2) is 14.0. The summed E-state index contributed by atoms with van der Waals surface area (Å²) in [5.74, 6) is 0.650. The van der Waals surface area contributed by atoms with E-state index in [2.05, 4.69) is 26.7 Å². The molecule has 0 aliphatic carbocycles. The van der Waals surface area contributed by atoms with Crippen molar-refractivity contribution in [1.82, 2.24) is 14.9 Å². The van der Waals surface area contributed by atoms with Crippen LogP contribution in [0.4, 0.5) is 17.1 Å². The van der Waals surface area contributed by atoms with E-state index in [4.69, 9.17) is 25.8 Å². The number of likely N-dealkylation sites (N-methyl/N-ethyl adjacent to an activating group) is 1. The van der Waals surface area contributed by atoms with Gasteiger partial charge in [0.05, 0.1) is 40.7 Å². The number of carbonyl (C=O) groups excluding carboxylic acids is 1. The van der Waals surface area contributed by atoms with Gasteiger partial charge < -0.3 is 29.7 Å². The molecule has 4 aromatic rings. The summed E-state index contributed by atoms with van der Waals surface area (Å²) in [6.45, 7) is 1.96. The number of hydrogen-bond acceptors (Lipinski definition) is 9. The maximum Gasteiger partial charge on any atom is 0.248 e. The topological polar surface area (TPSA) is 122 Å². The van der Waals surface area contributed by atoms with Gasteiger partial charge in [-0.3, -0.25) is 14.8 Å². The van der Waals surface area contributed by atoms with E-state index in [0.29, 0.717) is 69.8 Å². The van der Waals surface area contributed by atoms with Gasteiger partial charge in [-0.15, -0.1) is 0 Å². The minimum Gasteiger partial charge on any atom is -0.486 e. The van der Waals surface area contributed by atoms with Gasteiger partial charge in [-0.2, -0.15) is 5.26 Å². The summed E-state index contributed by atoms with van der Waals surface area (Å²) in [4.78, 5) is 23.7. The van der Waals surface area contributed by atoms with Crippen molar-refractivity contribution in [2.75, 3.05) is 44.5 Å². The third-order valence-corrected chi connectivity index (χ3v) is 6.89. The lowest BCUT2D eigenvalue weighted by atomic mass is 10.1. The van der Waals surface area contributed by atoms with Gasteiger partial charge in [-0.25, -0.2) is 0 Å². The molecule has 1 fully saturated rings. The van der Waals surface area contributed by atoms with Gasteiger partial charge in [0, 0.05) is 42.5 Å². The zero-order valence-electron chi connectivity index (χ0n) is 23.8. The molecule has 43 heavy (non-hydrogen) atoms. The SMILES string of the molecule is CN(C)C/C=C/C(=O)Nc1c(O[C@@H]2CCOC2)ccc2c(Nc3ccc(OCc4ccccn4)c(Cl)c3)c(C#N)cnc12. The molecule has 1 saturated heterocycles. The van der Waals surface area contributed by atoms with E-state index in [1.54, 1.807) is 30.5 Å². The van der Waals surface area contributed by atoms with E-state index in [-0.39, 0.29) is 18.6 Å². The number of amides is 1. The number of pyridine rings is 2. The fraction of sp³-hybridized carbons (Fsp3) is 0.250. The number of aromatic nitrogens is 2. The van der Waals surface area contributed by atoms with Crippen LogP contribution in [-0.4, -0.2) is 60.7 Å². The van der Waals surface area contributed by atoms with Crippen molar-refractivity contribution in [1.29, 1.82) is 5.26 Å². The third-order valence-electron chi connectivity index (χ3n) is 6.59. The third kappa shape index (κ3) is 7.59. The van der Waals surface area contributed by atoms with Crippen molar-refractivity contribution in [3.8, 4) is 17.6 Å². The van der Waals surface area contributed by atoms with Crippen LogP contribution in [0.3, 0.4) is 0 Å². The van der Waals surface area contributed by atoms with Gasteiger partial charge in [0.1, 0.15) is 36.0 Å². The quantitative estimate of drug-likeness (QED) is 0.209. The highest BCUT2D eigenvalue weighted by Crippen LogP contribution is 2.39. The Balaban J connectivity index is 1.46. The fourth-order valence-electron chi connectivity index (χ4n) is 4.48. The minimum atomic E-state index is -0.324. The molecule has 0 radical (unpaired) electrons. The normalized spacial score (nSPS) is 14.6. The van der Waals surface area contributed by atoms with E-state index in [1.165, 1.54) is 12.3 Å². The summed E-state index contributed by atoms with van der Waals surface area (Å²) in [7, 11) is 3.84. The summed E-state index contributed by atoms with van der Waals surface area (Å²) in [5, 5.41) is 17.2. The lowest BCUT2D eigenvalue weighted by Crippen LogP contribution is -2.18. The van der Waals surface area contributed by atoms with Gasteiger partial charge in [0.25, 0.3) is 0 Å². The van der Waals surface area contributed by atoms with E-state index < -0.39 is 0 Å². The number of nitriles is 1. The molecule has 0 unspecified atom stereocenters. The number of nitrogens with one attached hydrogen (secondary N) is 2. The molecule has 2 aromatic carbocycles. The average Bonchev–Trinajstić information content (AvgIpc) is 3.51. The maximum atomic E-state index is 12.9. The molecule has 0 spiro atoms. The Labute approximate surface area is 254 Å². The number of benzene rings is 2. The van der Waals surface area contributed by atoms with E-state index >= 15 is 0 Å². The van der Waals surface area contributed by atoms with Crippen LogP contribution in [0.5, 0.6) is 11.5 Å². The average molecular weight is 599 g/mol. The Morgan fingerprint density at radius 2 is 2.05 bits per heavy atom. The largest absolute Gasteiger partial charge is 0.486 e. The standard InChI is InChI=1S/C32H31ClN6O4/c1-39(2)14-5-7-29(40)38-32-28(43-24-12-15-41-20-24)11-9-25-30(21(17-34)18-36-31(25)32)37-22-8-10-27(26(33)16-22)42-19-23-6-3-4-13-35-23/h3-11,13,16,18,24H,12,14-15,19-20H2,1-2H3,(H,36,37)(H,38,40)/b7-5+/t24-/m1/s1. The first-order chi connectivity index (χ1) is 20.9. The lowest BCUT2D eigenvalue weighted by Gasteiger charge is -2.19. The second-order valence-corrected chi connectivity index (χ2v) is 10.5. The molecule has 3 heterocycles. The Morgan fingerprint density at radius 1 is 1.19 bits per heavy atom. The number of rotatable bonds is 11. The molecule has 0 bridgehead atoms. The van der Waals surface area contributed by atoms with E-state index in [0.717, 1.165) is 12.1 Å². The van der Waals surface area contributed by atoms with Gasteiger partial charge in [-0.05, 0) is 56.6 Å². The van der Waals surface area contributed by atoms with Gasteiger partial charge in [0.2, 0.25) is 5.91 Å². The van der Waals surface area contributed by atoms with E-state index in [9.17, 15) is 10.1 Å². The summed E-state index contributed by atoms with van der Waals surface area (Å²) >= 11 is 6.55. The van der Waals surface area contributed by atoms with Crippen LogP contribution in [0.1, 0.15) is 17.7 Å². The first-order valence-corrected chi connectivity index (χ1v) is 14.1. The molecule has 1 amide bonds. The highest BCUT2D eigenvalue weighted by Gasteiger charge is 2.22. The summed E-state index contributed by atoms with van der Waals surface area (Å²) in [6, 6.07) is 16.7. The zero-order valence-corrected chi connectivity index (χ0v) is 24.6. The fourth-order valence-corrected chi connectivity index (χ4v) is 4.72. The lowest BCUT2D eigenvalue weighted by molar-refractivity contribution is -0.111. The van der Waals surface area contributed by atoms with E-state index in [1.807, 2.05) is 49.3 Å². The zero-order chi connectivity index (χ0) is 30.2. The highest BCUT2D eigenvalue weighted by molar-refractivity contribution is 6.32. The van der Waals surface area contributed by atoms with Crippen LogP contribution in [0.2, 0.25) is 5.02 Å². The van der Waals surface area contributed by atoms with Gasteiger partial charge >= 0.3 is 0 Å².